The highest BCUT2D eigenvalue weighted by molar-refractivity contribution is 6.23. The number of fused-ring (bicyclic) bond motifs is 4. The number of aromatic nitrogens is 2. The third kappa shape index (κ3) is 6.49. The molecule has 2 aromatic heterocycles. The molecular weight excluding hydrogens is 672 g/mol. The Morgan fingerprint density at radius 1 is 0.808 bits per heavy atom. The molecule has 1 N–H and O–H groups in total. The smallest absolute Gasteiger partial charge is 0.319 e. The van der Waals surface area contributed by atoms with Crippen LogP contribution in [0.25, 0.3) is 21.8 Å². The molecule has 4 aliphatic heterocycles. The summed E-state index contributed by atoms with van der Waals surface area (Å²) in [6, 6.07) is 11.3. The Labute approximate surface area is 299 Å². The highest BCUT2D eigenvalue weighted by atomic mass is 19.3. The van der Waals surface area contributed by atoms with Gasteiger partial charge in [0.1, 0.15) is 18.4 Å². The van der Waals surface area contributed by atoms with Crippen LogP contribution >= 0.6 is 0 Å². The number of amides is 4. The van der Waals surface area contributed by atoms with E-state index < -0.39 is 36.2 Å². The number of piperazine rings is 1. The van der Waals surface area contributed by atoms with Crippen LogP contribution in [0.1, 0.15) is 59.4 Å². The molecule has 0 spiro atoms. The number of likely N-dealkylation sites (tertiary alicyclic amines) is 1. The number of nitrogens with one attached hydrogen (secondary N) is 1. The molecule has 6 heterocycles. The molecule has 1 atom stereocenters. The number of carbonyl (C=O) groups excluding carboxylic acids is 4. The molecule has 0 saturated carbocycles. The summed E-state index contributed by atoms with van der Waals surface area (Å²) >= 11 is 0. The molecule has 3 fully saturated rings. The highest BCUT2D eigenvalue weighted by Crippen LogP contribution is 2.35. The number of rotatable bonds is 10. The number of piperidine rings is 2. The number of halogens is 2. The van der Waals surface area contributed by atoms with Crippen molar-refractivity contribution in [3.05, 3.63) is 66.0 Å². The standard InChI is InChI=1S/C38H41F2N7O5/c39-38(40)46-31-7-11-41-23-30(31)27-4-2-26(22-33(27)46)52-20-19-43-12-8-24(9-13-43)10-14-44-15-17-45(18-16-44)25-1-3-28-29(21-25)37(51)47(36(28)50)32-5-6-34(48)42-35(32)49/h1-4,7,11,21-24,32,38H,5-6,8-10,12-20H2,(H,42,48,49). The summed E-state index contributed by atoms with van der Waals surface area (Å²) in [5, 5.41) is 3.67. The first-order chi connectivity index (χ1) is 25.2. The predicted octanol–water partition coefficient (Wildman–Crippen LogP) is 4.29. The Bertz CT molecular complexity index is 2040. The maximum atomic E-state index is 13.9. The van der Waals surface area contributed by atoms with Gasteiger partial charge in [-0.15, -0.1) is 0 Å². The van der Waals surface area contributed by atoms with E-state index in [4.69, 9.17) is 4.74 Å². The van der Waals surface area contributed by atoms with E-state index in [9.17, 15) is 28.0 Å². The topological polar surface area (TPSA) is 120 Å². The van der Waals surface area contributed by atoms with Gasteiger partial charge in [-0.25, -0.2) is 0 Å². The zero-order valence-electron chi connectivity index (χ0n) is 28.8. The predicted molar refractivity (Wildman–Crippen MR) is 190 cm³/mol. The van der Waals surface area contributed by atoms with Crippen LogP contribution in [0.15, 0.2) is 54.9 Å². The molecule has 14 heteroatoms. The van der Waals surface area contributed by atoms with Gasteiger partial charge in [-0.3, -0.25) is 48.7 Å². The number of imide groups is 2. The summed E-state index contributed by atoms with van der Waals surface area (Å²) in [5.74, 6) is -0.733. The number of anilines is 1. The fourth-order valence-electron chi connectivity index (χ4n) is 8.21. The fourth-order valence-corrected chi connectivity index (χ4v) is 8.21. The fraction of sp³-hybridized carbons (Fsp3) is 0.447. The molecule has 0 aliphatic carbocycles. The zero-order valence-corrected chi connectivity index (χ0v) is 28.8. The Balaban J connectivity index is 0.768. The Morgan fingerprint density at radius 2 is 1.58 bits per heavy atom. The molecular formula is C38H41F2N7O5. The molecule has 12 nitrogen and oxygen atoms in total. The van der Waals surface area contributed by atoms with Crippen LogP contribution in [0.5, 0.6) is 5.75 Å². The summed E-state index contributed by atoms with van der Waals surface area (Å²) in [6.07, 6.45) is 6.78. The maximum Gasteiger partial charge on any atom is 0.319 e. The first-order valence-corrected chi connectivity index (χ1v) is 18.1. The number of benzene rings is 2. The van der Waals surface area contributed by atoms with E-state index in [1.807, 2.05) is 18.2 Å². The summed E-state index contributed by atoms with van der Waals surface area (Å²) in [7, 11) is 0. The lowest BCUT2D eigenvalue weighted by Crippen LogP contribution is -2.54. The minimum absolute atomic E-state index is 0.0925. The third-order valence-electron chi connectivity index (χ3n) is 11.2. The lowest BCUT2D eigenvalue weighted by molar-refractivity contribution is -0.136. The molecule has 52 heavy (non-hydrogen) atoms. The molecule has 4 amide bonds. The van der Waals surface area contributed by atoms with Gasteiger partial charge in [0.05, 0.1) is 22.2 Å². The van der Waals surface area contributed by atoms with Crippen molar-refractivity contribution in [2.45, 2.75) is 44.7 Å². The number of carbonyl (C=O) groups is 4. The van der Waals surface area contributed by atoms with Crippen molar-refractivity contribution in [3.63, 3.8) is 0 Å². The SMILES string of the molecule is O=C1CCC(N2C(=O)c3ccc(N4CCN(CCC5CCN(CCOc6ccc7c8cnccc8n(C(F)F)c7c6)CC5)CC4)cc3C2=O)C(=O)N1. The van der Waals surface area contributed by atoms with Crippen LogP contribution in [-0.4, -0.2) is 113 Å². The van der Waals surface area contributed by atoms with E-state index in [-0.39, 0.29) is 12.8 Å². The quantitative estimate of drug-likeness (QED) is 0.240. The van der Waals surface area contributed by atoms with Crippen molar-refractivity contribution in [1.29, 1.82) is 0 Å². The van der Waals surface area contributed by atoms with Gasteiger partial charge in [-0.1, -0.05) is 0 Å². The van der Waals surface area contributed by atoms with Gasteiger partial charge in [0.2, 0.25) is 11.8 Å². The molecule has 0 radical (unpaired) electrons. The van der Waals surface area contributed by atoms with E-state index in [1.54, 1.807) is 30.5 Å². The van der Waals surface area contributed by atoms with Crippen LogP contribution in [0.2, 0.25) is 0 Å². The number of ether oxygens (including phenoxy) is 1. The van der Waals surface area contributed by atoms with Crippen LogP contribution < -0.4 is 15.0 Å². The van der Waals surface area contributed by atoms with Crippen LogP contribution in [-0.2, 0) is 9.59 Å². The van der Waals surface area contributed by atoms with E-state index in [0.717, 1.165) is 92.2 Å². The molecule has 0 bridgehead atoms. The largest absolute Gasteiger partial charge is 0.492 e. The number of alkyl halides is 2. The lowest BCUT2D eigenvalue weighted by Gasteiger charge is -2.37. The number of hydrogen-bond donors (Lipinski definition) is 1. The first kappa shape index (κ1) is 34.2. The van der Waals surface area contributed by atoms with E-state index in [1.165, 1.54) is 6.20 Å². The average Bonchev–Trinajstić information content (AvgIpc) is 3.61. The lowest BCUT2D eigenvalue weighted by atomic mass is 9.93. The van der Waals surface area contributed by atoms with E-state index in [0.29, 0.717) is 45.8 Å². The maximum absolute atomic E-state index is 13.9. The summed E-state index contributed by atoms with van der Waals surface area (Å²) in [5.41, 5.74) is 2.38. The van der Waals surface area contributed by atoms with Crippen molar-refractivity contribution in [2.24, 2.45) is 5.92 Å². The van der Waals surface area contributed by atoms with Crippen molar-refractivity contribution >= 4 is 51.1 Å². The molecule has 3 saturated heterocycles. The first-order valence-electron chi connectivity index (χ1n) is 18.1. The van der Waals surface area contributed by atoms with Crippen molar-refractivity contribution in [1.82, 2.24) is 29.6 Å². The van der Waals surface area contributed by atoms with Crippen molar-refractivity contribution < 1.29 is 32.7 Å². The number of hydrogen-bond acceptors (Lipinski definition) is 9. The average molecular weight is 714 g/mol. The van der Waals surface area contributed by atoms with Gasteiger partial charge < -0.3 is 9.64 Å². The second-order valence-corrected chi connectivity index (χ2v) is 14.1. The van der Waals surface area contributed by atoms with Crippen LogP contribution in [0.4, 0.5) is 14.5 Å². The molecule has 4 aliphatic rings. The summed E-state index contributed by atoms with van der Waals surface area (Å²) in [4.78, 5) is 62.5. The van der Waals surface area contributed by atoms with Gasteiger partial charge in [0.15, 0.2) is 0 Å². The Morgan fingerprint density at radius 3 is 2.35 bits per heavy atom. The van der Waals surface area contributed by atoms with Gasteiger partial charge in [-0.2, -0.15) is 8.78 Å². The Hall–Kier alpha value is -4.95. The van der Waals surface area contributed by atoms with Gasteiger partial charge in [-0.05, 0) is 87.6 Å². The number of nitrogens with zero attached hydrogens (tertiary/aromatic N) is 6. The molecule has 4 aromatic rings. The molecule has 2 aromatic carbocycles. The van der Waals surface area contributed by atoms with E-state index >= 15 is 0 Å². The Kier molecular flexibility index (Phi) is 9.34. The minimum Gasteiger partial charge on any atom is -0.492 e. The number of pyridine rings is 1. The van der Waals surface area contributed by atoms with Crippen LogP contribution in [0, 0.1) is 5.92 Å². The zero-order chi connectivity index (χ0) is 35.9. The molecule has 1 unspecified atom stereocenters. The second kappa shape index (κ2) is 14.2. The van der Waals surface area contributed by atoms with E-state index in [2.05, 4.69) is 25.0 Å². The normalized spacial score (nSPS) is 20.8. The third-order valence-corrected chi connectivity index (χ3v) is 11.2. The summed E-state index contributed by atoms with van der Waals surface area (Å²) in [6.45, 7) is 5.09. The van der Waals surface area contributed by atoms with Gasteiger partial charge >= 0.3 is 6.55 Å². The van der Waals surface area contributed by atoms with Crippen LogP contribution in [0.3, 0.4) is 0 Å². The molecule has 272 valence electrons. The highest BCUT2D eigenvalue weighted by Gasteiger charge is 2.44. The van der Waals surface area contributed by atoms with Gasteiger partial charge in [0.25, 0.3) is 11.8 Å². The minimum atomic E-state index is -2.66. The monoisotopic (exact) mass is 713 g/mol. The molecule has 8 rings (SSSR count). The second-order valence-electron chi connectivity index (χ2n) is 14.1. The van der Waals surface area contributed by atoms with Crippen molar-refractivity contribution in [3.8, 4) is 5.75 Å². The van der Waals surface area contributed by atoms with Gasteiger partial charge in [0, 0.05) is 74.1 Å². The summed E-state index contributed by atoms with van der Waals surface area (Å²) < 4.78 is 34.9. The van der Waals surface area contributed by atoms with Crippen molar-refractivity contribution in [2.75, 3.05) is 63.9 Å².